The summed E-state index contributed by atoms with van der Waals surface area (Å²) < 4.78 is 4.85. The number of ether oxygens (including phenoxy) is 1. The molecule has 1 aromatic rings. The molecule has 0 heterocycles. The van der Waals surface area contributed by atoms with Crippen LogP contribution in [0.2, 0.25) is 5.02 Å². The molecule has 1 aromatic carbocycles. The minimum absolute atomic E-state index is 0. The molecule has 0 fully saturated rings. The van der Waals surface area contributed by atoms with E-state index in [2.05, 4.69) is 20.9 Å². The minimum Gasteiger partial charge on any atom is -0.383 e. The zero-order chi connectivity index (χ0) is 15.5. The highest BCUT2D eigenvalue weighted by Crippen LogP contribution is 2.08. The molecule has 3 N–H and O–H groups in total. The Morgan fingerprint density at radius 1 is 1.23 bits per heavy atom. The van der Waals surface area contributed by atoms with E-state index in [0.29, 0.717) is 30.7 Å². The highest BCUT2D eigenvalue weighted by atomic mass is 127. The normalized spacial score (nSPS) is 10.6. The number of halogens is 2. The summed E-state index contributed by atoms with van der Waals surface area (Å²) in [6, 6.07) is 7.52. The van der Waals surface area contributed by atoms with Crippen molar-refractivity contribution in [2.24, 2.45) is 4.99 Å². The minimum atomic E-state index is -0.110. The molecule has 0 unspecified atom stereocenters. The van der Waals surface area contributed by atoms with Gasteiger partial charge in [0.1, 0.15) is 0 Å². The average molecular weight is 441 g/mol. The molecule has 0 aliphatic heterocycles. The lowest BCUT2D eigenvalue weighted by Gasteiger charge is -2.12. The zero-order valence-electron chi connectivity index (χ0n) is 12.7. The van der Waals surface area contributed by atoms with Gasteiger partial charge in [0.15, 0.2) is 5.96 Å². The molecular formula is C14H22ClIN4O2. The van der Waals surface area contributed by atoms with Gasteiger partial charge in [0.25, 0.3) is 0 Å². The van der Waals surface area contributed by atoms with Crippen LogP contribution in [0.5, 0.6) is 0 Å². The van der Waals surface area contributed by atoms with Gasteiger partial charge in [-0.1, -0.05) is 23.7 Å². The molecule has 124 valence electrons. The highest BCUT2D eigenvalue weighted by Gasteiger charge is 2.03. The lowest BCUT2D eigenvalue weighted by Crippen LogP contribution is -2.43. The number of benzene rings is 1. The summed E-state index contributed by atoms with van der Waals surface area (Å²) in [7, 11) is 3.24. The van der Waals surface area contributed by atoms with Gasteiger partial charge < -0.3 is 20.7 Å². The van der Waals surface area contributed by atoms with E-state index in [9.17, 15) is 4.79 Å². The van der Waals surface area contributed by atoms with Crippen LogP contribution in [0.15, 0.2) is 29.3 Å². The van der Waals surface area contributed by atoms with Crippen molar-refractivity contribution in [1.29, 1.82) is 0 Å². The molecule has 1 amide bonds. The van der Waals surface area contributed by atoms with Gasteiger partial charge in [-0.05, 0) is 17.7 Å². The lowest BCUT2D eigenvalue weighted by molar-refractivity contribution is -0.120. The number of methoxy groups -OCH3 is 1. The molecule has 6 nitrogen and oxygen atoms in total. The third kappa shape index (κ3) is 9.06. The number of carbonyl (C=O) groups excluding carboxylic acids is 1. The molecule has 0 atom stereocenters. The topological polar surface area (TPSA) is 74.8 Å². The second kappa shape index (κ2) is 12.5. The van der Waals surface area contributed by atoms with Crippen LogP contribution in [0.25, 0.3) is 0 Å². The molecule has 0 aliphatic carbocycles. The Kier molecular flexibility index (Phi) is 11.9. The molecule has 8 heteroatoms. The van der Waals surface area contributed by atoms with Crippen molar-refractivity contribution in [1.82, 2.24) is 16.0 Å². The first-order chi connectivity index (χ1) is 10.2. The van der Waals surface area contributed by atoms with Crippen molar-refractivity contribution >= 4 is 47.4 Å². The standard InChI is InChI=1S/C14H21ClN4O2.HI/c1-16-14(19-10-13(20)17-7-8-21-2)18-9-11-3-5-12(15)6-4-11;/h3-6H,7-10H2,1-2H3,(H,17,20)(H2,16,18,19);1H. The fourth-order valence-electron chi connectivity index (χ4n) is 1.53. The van der Waals surface area contributed by atoms with E-state index in [1.54, 1.807) is 14.2 Å². The molecule has 0 spiro atoms. The number of hydrogen-bond acceptors (Lipinski definition) is 3. The summed E-state index contributed by atoms with van der Waals surface area (Å²) in [6.07, 6.45) is 0. The van der Waals surface area contributed by atoms with Gasteiger partial charge in [-0.15, -0.1) is 24.0 Å². The Balaban J connectivity index is 0.00000441. The smallest absolute Gasteiger partial charge is 0.239 e. The van der Waals surface area contributed by atoms with Crippen molar-refractivity contribution in [3.8, 4) is 0 Å². The average Bonchev–Trinajstić information content (AvgIpc) is 2.49. The molecule has 0 bridgehead atoms. The largest absolute Gasteiger partial charge is 0.383 e. The highest BCUT2D eigenvalue weighted by molar-refractivity contribution is 14.0. The van der Waals surface area contributed by atoms with Crippen molar-refractivity contribution in [3.63, 3.8) is 0 Å². The quantitative estimate of drug-likeness (QED) is 0.259. The number of nitrogens with one attached hydrogen (secondary N) is 3. The Morgan fingerprint density at radius 2 is 1.91 bits per heavy atom. The Morgan fingerprint density at radius 3 is 2.50 bits per heavy atom. The van der Waals surface area contributed by atoms with Gasteiger partial charge in [-0.2, -0.15) is 0 Å². The third-order valence-electron chi connectivity index (χ3n) is 2.64. The first-order valence-electron chi connectivity index (χ1n) is 6.60. The monoisotopic (exact) mass is 440 g/mol. The Hall–Kier alpha value is -1.06. The Bertz CT molecular complexity index is 468. The number of nitrogens with zero attached hydrogens (tertiary/aromatic N) is 1. The van der Waals surface area contributed by atoms with E-state index < -0.39 is 0 Å². The van der Waals surface area contributed by atoms with Gasteiger partial charge in [-0.25, -0.2) is 0 Å². The maximum absolute atomic E-state index is 11.5. The first-order valence-corrected chi connectivity index (χ1v) is 6.98. The van der Waals surface area contributed by atoms with Crippen molar-refractivity contribution in [2.75, 3.05) is 33.9 Å². The molecule has 0 saturated heterocycles. The van der Waals surface area contributed by atoms with Gasteiger partial charge in [-0.3, -0.25) is 9.79 Å². The molecule has 0 aliphatic rings. The van der Waals surface area contributed by atoms with Crippen LogP contribution in [0.3, 0.4) is 0 Å². The molecule has 1 rings (SSSR count). The van der Waals surface area contributed by atoms with Gasteiger partial charge in [0.05, 0.1) is 13.2 Å². The molecule has 0 aromatic heterocycles. The van der Waals surface area contributed by atoms with Gasteiger partial charge in [0.2, 0.25) is 5.91 Å². The fraction of sp³-hybridized carbons (Fsp3) is 0.429. The molecule has 22 heavy (non-hydrogen) atoms. The van der Waals surface area contributed by atoms with Crippen molar-refractivity contribution < 1.29 is 9.53 Å². The summed E-state index contributed by atoms with van der Waals surface area (Å²) in [5, 5.41) is 9.48. The molecule has 0 radical (unpaired) electrons. The number of rotatable bonds is 7. The second-order valence-electron chi connectivity index (χ2n) is 4.25. The Labute approximate surface area is 153 Å². The number of aliphatic imine (C=N–C) groups is 1. The van der Waals surface area contributed by atoms with Gasteiger partial charge in [0, 0.05) is 32.3 Å². The SMILES string of the molecule is CN=C(NCC(=O)NCCOC)NCc1ccc(Cl)cc1.I. The summed E-state index contributed by atoms with van der Waals surface area (Å²) in [5.74, 6) is 0.452. The maximum Gasteiger partial charge on any atom is 0.239 e. The van der Waals surface area contributed by atoms with E-state index in [1.807, 2.05) is 24.3 Å². The number of carbonyl (C=O) groups is 1. The number of guanidine groups is 1. The van der Waals surface area contributed by atoms with Crippen molar-refractivity contribution in [2.45, 2.75) is 6.54 Å². The van der Waals surface area contributed by atoms with Gasteiger partial charge >= 0.3 is 0 Å². The first kappa shape index (κ1) is 20.9. The molecular weight excluding hydrogens is 419 g/mol. The van der Waals surface area contributed by atoms with Crippen LogP contribution < -0.4 is 16.0 Å². The van der Waals surface area contributed by atoms with Crippen LogP contribution in [-0.2, 0) is 16.1 Å². The van der Waals surface area contributed by atoms with Crippen molar-refractivity contribution in [3.05, 3.63) is 34.9 Å². The van der Waals surface area contributed by atoms with E-state index in [1.165, 1.54) is 0 Å². The number of amides is 1. The van der Waals surface area contributed by atoms with Crippen LogP contribution in [0.4, 0.5) is 0 Å². The number of hydrogen-bond donors (Lipinski definition) is 3. The van der Waals surface area contributed by atoms with E-state index in [0.717, 1.165) is 5.56 Å². The lowest BCUT2D eigenvalue weighted by atomic mass is 10.2. The summed E-state index contributed by atoms with van der Waals surface area (Å²) in [6.45, 7) is 1.75. The van der Waals surface area contributed by atoms with Crippen LogP contribution in [0, 0.1) is 0 Å². The summed E-state index contributed by atoms with van der Waals surface area (Å²) >= 11 is 5.83. The summed E-state index contributed by atoms with van der Waals surface area (Å²) in [5.41, 5.74) is 1.08. The van der Waals surface area contributed by atoms with Crippen LogP contribution >= 0.6 is 35.6 Å². The van der Waals surface area contributed by atoms with Crippen LogP contribution in [-0.4, -0.2) is 45.7 Å². The zero-order valence-corrected chi connectivity index (χ0v) is 15.8. The van der Waals surface area contributed by atoms with E-state index in [-0.39, 0.29) is 36.4 Å². The predicted molar refractivity (Wildman–Crippen MR) is 100.0 cm³/mol. The maximum atomic E-state index is 11.5. The fourth-order valence-corrected chi connectivity index (χ4v) is 1.65. The predicted octanol–water partition coefficient (Wildman–Crippen LogP) is 1.39. The summed E-state index contributed by atoms with van der Waals surface area (Å²) in [4.78, 5) is 15.6. The van der Waals surface area contributed by atoms with E-state index >= 15 is 0 Å². The van der Waals surface area contributed by atoms with E-state index in [4.69, 9.17) is 16.3 Å². The second-order valence-corrected chi connectivity index (χ2v) is 4.68. The van der Waals surface area contributed by atoms with Crippen LogP contribution in [0.1, 0.15) is 5.56 Å². The molecule has 0 saturated carbocycles. The third-order valence-corrected chi connectivity index (χ3v) is 2.89.